The molecular formula is C23H25N3O2S. The fourth-order valence-corrected chi connectivity index (χ4v) is 4.60. The van der Waals surface area contributed by atoms with Gasteiger partial charge in [0.2, 0.25) is 11.8 Å². The van der Waals surface area contributed by atoms with Crippen LogP contribution in [0.15, 0.2) is 60.0 Å². The molecule has 5 nitrogen and oxygen atoms in total. The summed E-state index contributed by atoms with van der Waals surface area (Å²) >= 11 is 1.68. The van der Waals surface area contributed by atoms with Gasteiger partial charge < -0.3 is 10.6 Å². The lowest BCUT2D eigenvalue weighted by Crippen LogP contribution is -2.56. The van der Waals surface area contributed by atoms with E-state index in [9.17, 15) is 9.59 Å². The molecule has 0 aliphatic carbocycles. The largest absolute Gasteiger partial charge is 0.356 e. The molecule has 2 N–H and O–H groups in total. The Morgan fingerprint density at radius 3 is 2.86 bits per heavy atom. The van der Waals surface area contributed by atoms with Crippen molar-refractivity contribution in [2.24, 2.45) is 0 Å². The summed E-state index contributed by atoms with van der Waals surface area (Å²) in [5.41, 5.74) is 1.22. The number of carbonyl (C=O) groups is 2. The maximum Gasteiger partial charge on any atom is 0.237 e. The average molecular weight is 408 g/mol. The number of nitrogens with zero attached hydrogens (tertiary/aromatic N) is 1. The molecule has 1 fully saturated rings. The second kappa shape index (κ2) is 9.20. The maximum atomic E-state index is 12.5. The highest BCUT2D eigenvalue weighted by Crippen LogP contribution is 2.19. The summed E-state index contributed by atoms with van der Waals surface area (Å²) in [6.07, 6.45) is 0.954. The van der Waals surface area contributed by atoms with Crippen molar-refractivity contribution < 1.29 is 9.59 Å². The molecule has 1 aliphatic rings. The summed E-state index contributed by atoms with van der Waals surface area (Å²) in [6, 6.07) is 18.2. The number of hydrogen-bond acceptors (Lipinski definition) is 4. The van der Waals surface area contributed by atoms with Crippen molar-refractivity contribution in [2.75, 3.05) is 19.6 Å². The number of hydrogen-bond donors (Lipinski definition) is 2. The molecule has 4 rings (SSSR count). The number of fused-ring (bicyclic) bond motifs is 1. The van der Waals surface area contributed by atoms with Crippen molar-refractivity contribution in [3.8, 4) is 0 Å². The zero-order valence-electron chi connectivity index (χ0n) is 16.3. The molecular weight excluding hydrogens is 382 g/mol. The molecule has 2 amide bonds. The van der Waals surface area contributed by atoms with Crippen molar-refractivity contribution in [3.05, 3.63) is 70.4 Å². The van der Waals surface area contributed by atoms with Gasteiger partial charge in [0.15, 0.2) is 0 Å². The van der Waals surface area contributed by atoms with Gasteiger partial charge in [-0.3, -0.25) is 14.5 Å². The van der Waals surface area contributed by atoms with E-state index < -0.39 is 6.04 Å². The average Bonchev–Trinajstić information content (AvgIpc) is 3.24. The van der Waals surface area contributed by atoms with E-state index in [2.05, 4.69) is 45.9 Å². The van der Waals surface area contributed by atoms with Gasteiger partial charge in [0.25, 0.3) is 0 Å². The summed E-state index contributed by atoms with van der Waals surface area (Å²) in [6.45, 7) is 2.66. The van der Waals surface area contributed by atoms with Gasteiger partial charge >= 0.3 is 0 Å². The van der Waals surface area contributed by atoms with E-state index in [0.717, 1.165) is 13.0 Å². The zero-order chi connectivity index (χ0) is 20.1. The lowest BCUT2D eigenvalue weighted by atomic mass is 10.0. The van der Waals surface area contributed by atoms with Gasteiger partial charge in [0.1, 0.15) is 0 Å². The molecule has 6 heteroatoms. The number of carbonyl (C=O) groups excluding carboxylic acids is 2. The number of nitrogens with one attached hydrogen (secondary N) is 2. The van der Waals surface area contributed by atoms with E-state index in [4.69, 9.17) is 0 Å². The van der Waals surface area contributed by atoms with Crippen LogP contribution >= 0.6 is 11.3 Å². The molecule has 1 aliphatic heterocycles. The SMILES string of the molecule is O=C(C[C@@H]1C(=O)NCCN1Cc1cccs1)NCCc1cccc2ccccc12. The van der Waals surface area contributed by atoms with Crippen LogP contribution in [0.3, 0.4) is 0 Å². The fourth-order valence-electron chi connectivity index (χ4n) is 3.87. The quantitative estimate of drug-likeness (QED) is 0.633. The Balaban J connectivity index is 1.33. The predicted octanol–water partition coefficient (Wildman–Crippen LogP) is 2.95. The van der Waals surface area contributed by atoms with Crippen LogP contribution < -0.4 is 10.6 Å². The van der Waals surface area contributed by atoms with Gasteiger partial charge in [-0.05, 0) is 34.2 Å². The van der Waals surface area contributed by atoms with Gasteiger partial charge in [-0.1, -0.05) is 48.5 Å². The van der Waals surface area contributed by atoms with Crippen molar-refractivity contribution in [3.63, 3.8) is 0 Å². The highest BCUT2D eigenvalue weighted by atomic mass is 32.1. The molecule has 0 bridgehead atoms. The lowest BCUT2D eigenvalue weighted by Gasteiger charge is -2.34. The van der Waals surface area contributed by atoms with Gasteiger partial charge in [0, 0.05) is 31.1 Å². The summed E-state index contributed by atoms with van der Waals surface area (Å²) in [5.74, 6) is -0.138. The van der Waals surface area contributed by atoms with E-state index in [-0.39, 0.29) is 18.2 Å². The summed E-state index contributed by atoms with van der Waals surface area (Å²) in [7, 11) is 0. The molecule has 0 unspecified atom stereocenters. The van der Waals surface area contributed by atoms with Gasteiger partial charge in [-0.25, -0.2) is 0 Å². The number of amides is 2. The summed E-state index contributed by atoms with van der Waals surface area (Å²) < 4.78 is 0. The third kappa shape index (κ3) is 4.83. The topological polar surface area (TPSA) is 61.4 Å². The monoisotopic (exact) mass is 407 g/mol. The minimum absolute atomic E-state index is 0.0583. The smallest absolute Gasteiger partial charge is 0.237 e. The van der Waals surface area contributed by atoms with Gasteiger partial charge in [-0.2, -0.15) is 0 Å². The van der Waals surface area contributed by atoms with Crippen LogP contribution in [0.4, 0.5) is 0 Å². The highest BCUT2D eigenvalue weighted by molar-refractivity contribution is 7.09. The molecule has 2 aromatic carbocycles. The lowest BCUT2D eigenvalue weighted by molar-refractivity contribution is -0.134. The highest BCUT2D eigenvalue weighted by Gasteiger charge is 2.31. The van der Waals surface area contributed by atoms with Crippen molar-refractivity contribution in [1.29, 1.82) is 0 Å². The number of piperazine rings is 1. The minimum atomic E-state index is -0.414. The van der Waals surface area contributed by atoms with Crippen LogP contribution in [0.25, 0.3) is 10.8 Å². The van der Waals surface area contributed by atoms with Crippen LogP contribution in [-0.2, 0) is 22.6 Å². The predicted molar refractivity (Wildman–Crippen MR) is 117 cm³/mol. The van der Waals surface area contributed by atoms with E-state index in [1.54, 1.807) is 11.3 Å². The first kappa shape index (κ1) is 19.6. The first-order valence-electron chi connectivity index (χ1n) is 9.98. The molecule has 1 saturated heterocycles. The molecule has 29 heavy (non-hydrogen) atoms. The van der Waals surface area contributed by atoms with Gasteiger partial charge in [-0.15, -0.1) is 11.3 Å². The van der Waals surface area contributed by atoms with E-state index >= 15 is 0 Å². The molecule has 0 spiro atoms. The Labute approximate surface area is 174 Å². The normalized spacial score (nSPS) is 17.2. The Morgan fingerprint density at radius 2 is 2.00 bits per heavy atom. The Hall–Kier alpha value is -2.70. The maximum absolute atomic E-state index is 12.5. The van der Waals surface area contributed by atoms with Crippen LogP contribution in [0.2, 0.25) is 0 Å². The Bertz CT molecular complexity index is 981. The van der Waals surface area contributed by atoms with Crippen molar-refractivity contribution in [1.82, 2.24) is 15.5 Å². The molecule has 3 aromatic rings. The second-order valence-electron chi connectivity index (χ2n) is 7.30. The molecule has 2 heterocycles. The third-order valence-electron chi connectivity index (χ3n) is 5.36. The van der Waals surface area contributed by atoms with Crippen LogP contribution in [0.1, 0.15) is 16.9 Å². The first-order chi connectivity index (χ1) is 14.2. The number of rotatable bonds is 7. The molecule has 150 valence electrons. The van der Waals surface area contributed by atoms with Crippen LogP contribution in [0.5, 0.6) is 0 Å². The second-order valence-corrected chi connectivity index (χ2v) is 8.33. The fraction of sp³-hybridized carbons (Fsp3) is 0.304. The number of benzene rings is 2. The van der Waals surface area contributed by atoms with Crippen LogP contribution in [-0.4, -0.2) is 42.4 Å². The third-order valence-corrected chi connectivity index (χ3v) is 6.22. The molecule has 1 aromatic heterocycles. The molecule has 0 saturated carbocycles. The molecule has 1 atom stereocenters. The van der Waals surface area contributed by atoms with E-state index in [1.807, 2.05) is 29.6 Å². The summed E-state index contributed by atoms with van der Waals surface area (Å²) in [4.78, 5) is 28.2. The van der Waals surface area contributed by atoms with Crippen LogP contribution in [0, 0.1) is 0 Å². The number of thiophene rings is 1. The van der Waals surface area contributed by atoms with Gasteiger partial charge in [0.05, 0.1) is 12.5 Å². The minimum Gasteiger partial charge on any atom is -0.356 e. The zero-order valence-corrected chi connectivity index (χ0v) is 17.1. The van der Waals surface area contributed by atoms with Crippen molar-refractivity contribution in [2.45, 2.75) is 25.4 Å². The standard InChI is InChI=1S/C23H25N3O2S/c27-22(24-11-10-18-7-3-6-17-5-1-2-9-20(17)18)15-21-23(28)25-12-13-26(21)16-19-8-4-14-29-19/h1-9,14,21H,10-13,15-16H2,(H,24,27)(H,25,28)/t21-/m1/s1. The molecule has 0 radical (unpaired) electrons. The van der Waals surface area contributed by atoms with E-state index in [1.165, 1.54) is 21.2 Å². The summed E-state index contributed by atoms with van der Waals surface area (Å²) in [5, 5.41) is 10.4. The Kier molecular flexibility index (Phi) is 6.22. The van der Waals surface area contributed by atoms with Crippen molar-refractivity contribution >= 4 is 33.9 Å². The van der Waals surface area contributed by atoms with E-state index in [0.29, 0.717) is 19.6 Å². The Morgan fingerprint density at radius 1 is 1.14 bits per heavy atom. The first-order valence-corrected chi connectivity index (χ1v) is 10.9.